The zero-order chi connectivity index (χ0) is 17.0. The third kappa shape index (κ3) is 4.63. The zero-order valence-corrected chi connectivity index (χ0v) is 14.8. The van der Waals surface area contributed by atoms with Gasteiger partial charge in [0.2, 0.25) is 0 Å². The van der Waals surface area contributed by atoms with Crippen molar-refractivity contribution in [2.45, 2.75) is 33.3 Å². The Bertz CT molecular complexity index is 716. The third-order valence-electron chi connectivity index (χ3n) is 3.46. The molecule has 0 spiro atoms. The Labute approximate surface area is 146 Å². The van der Waals surface area contributed by atoms with Gasteiger partial charge in [0.25, 0.3) is 5.91 Å². The lowest BCUT2D eigenvalue weighted by atomic mass is 10.1. The molecule has 0 saturated carbocycles. The number of halogens is 2. The first-order valence-electron chi connectivity index (χ1n) is 7.40. The topological polar surface area (TPSA) is 38.3 Å². The van der Waals surface area contributed by atoms with Gasteiger partial charge in [-0.2, -0.15) is 0 Å². The molecule has 1 amide bonds. The monoisotopic (exact) mass is 351 g/mol. The highest BCUT2D eigenvalue weighted by Crippen LogP contribution is 2.26. The van der Waals surface area contributed by atoms with Crippen LogP contribution >= 0.6 is 23.2 Å². The van der Waals surface area contributed by atoms with Gasteiger partial charge in [0.05, 0.1) is 10.0 Å². The Morgan fingerprint density at radius 1 is 1.13 bits per heavy atom. The molecule has 0 heterocycles. The summed E-state index contributed by atoms with van der Waals surface area (Å²) in [6.07, 6.45) is -0.0227. The Morgan fingerprint density at radius 2 is 1.87 bits per heavy atom. The molecule has 3 nitrogen and oxygen atoms in total. The molecule has 0 saturated heterocycles. The van der Waals surface area contributed by atoms with Crippen LogP contribution in [0.4, 0.5) is 5.69 Å². The van der Waals surface area contributed by atoms with Crippen molar-refractivity contribution in [3.05, 3.63) is 57.6 Å². The van der Waals surface area contributed by atoms with Gasteiger partial charge in [-0.25, -0.2) is 0 Å². The number of anilines is 1. The number of benzene rings is 2. The van der Waals surface area contributed by atoms with Crippen LogP contribution in [0.3, 0.4) is 0 Å². The van der Waals surface area contributed by atoms with Crippen molar-refractivity contribution >= 4 is 34.8 Å². The van der Waals surface area contributed by atoms with E-state index in [1.807, 2.05) is 39.0 Å². The summed E-state index contributed by atoms with van der Waals surface area (Å²) in [5.74, 6) is 0.507. The van der Waals surface area contributed by atoms with Crippen molar-refractivity contribution < 1.29 is 9.53 Å². The fourth-order valence-electron chi connectivity index (χ4n) is 2.11. The third-order valence-corrected chi connectivity index (χ3v) is 4.20. The highest BCUT2D eigenvalue weighted by molar-refractivity contribution is 6.42. The quantitative estimate of drug-likeness (QED) is 0.782. The second-order valence-electron chi connectivity index (χ2n) is 5.40. The second-order valence-corrected chi connectivity index (χ2v) is 6.22. The van der Waals surface area contributed by atoms with E-state index in [0.29, 0.717) is 22.2 Å². The van der Waals surface area contributed by atoms with Crippen LogP contribution in [-0.2, 0) is 4.79 Å². The first-order valence-corrected chi connectivity index (χ1v) is 8.16. The molecule has 0 aromatic heterocycles. The second kappa shape index (κ2) is 7.71. The van der Waals surface area contributed by atoms with Gasteiger partial charge in [-0.15, -0.1) is 0 Å². The van der Waals surface area contributed by atoms with Crippen LogP contribution in [0, 0.1) is 13.8 Å². The molecule has 0 unspecified atom stereocenters. The van der Waals surface area contributed by atoms with E-state index in [1.54, 1.807) is 18.2 Å². The van der Waals surface area contributed by atoms with Gasteiger partial charge in [-0.05, 0) is 55.7 Å². The number of hydrogen-bond donors (Lipinski definition) is 1. The zero-order valence-electron chi connectivity index (χ0n) is 13.3. The largest absolute Gasteiger partial charge is 0.480 e. The Kier molecular flexibility index (Phi) is 5.91. The smallest absolute Gasteiger partial charge is 0.265 e. The number of rotatable bonds is 5. The van der Waals surface area contributed by atoms with Crippen molar-refractivity contribution in [1.82, 2.24) is 0 Å². The summed E-state index contributed by atoms with van der Waals surface area (Å²) < 4.78 is 5.89. The van der Waals surface area contributed by atoms with Crippen molar-refractivity contribution in [2.75, 3.05) is 5.32 Å². The maximum atomic E-state index is 12.4. The molecule has 2 rings (SSSR count). The van der Waals surface area contributed by atoms with E-state index in [-0.39, 0.29) is 5.91 Å². The van der Waals surface area contributed by atoms with Gasteiger partial charge in [0.15, 0.2) is 6.10 Å². The average molecular weight is 352 g/mol. The molecule has 23 heavy (non-hydrogen) atoms. The molecule has 0 fully saturated rings. The highest BCUT2D eigenvalue weighted by Gasteiger charge is 2.19. The summed E-state index contributed by atoms with van der Waals surface area (Å²) in [6.45, 7) is 5.85. The highest BCUT2D eigenvalue weighted by atomic mass is 35.5. The van der Waals surface area contributed by atoms with E-state index >= 15 is 0 Å². The lowest BCUT2D eigenvalue weighted by molar-refractivity contribution is -0.122. The summed E-state index contributed by atoms with van der Waals surface area (Å²) in [5, 5.41) is 3.65. The summed E-state index contributed by atoms with van der Waals surface area (Å²) in [4.78, 5) is 12.4. The van der Waals surface area contributed by atoms with E-state index < -0.39 is 6.10 Å². The number of nitrogens with one attached hydrogen (secondary N) is 1. The molecule has 0 radical (unpaired) electrons. The van der Waals surface area contributed by atoms with Crippen molar-refractivity contribution in [2.24, 2.45) is 0 Å². The predicted octanol–water partition coefficient (Wildman–Crippen LogP) is 5.41. The van der Waals surface area contributed by atoms with Crippen molar-refractivity contribution in [3.63, 3.8) is 0 Å². The minimum Gasteiger partial charge on any atom is -0.480 e. The average Bonchev–Trinajstić information content (AvgIpc) is 2.51. The SMILES string of the molecule is CC[C@H](Oc1cc(C)ccc1C)C(=O)Nc1ccc(Cl)c(Cl)c1. The normalized spacial score (nSPS) is 11.9. The predicted molar refractivity (Wildman–Crippen MR) is 95.7 cm³/mol. The van der Waals surface area contributed by atoms with Gasteiger partial charge in [0.1, 0.15) is 5.75 Å². The van der Waals surface area contributed by atoms with E-state index in [0.717, 1.165) is 16.9 Å². The van der Waals surface area contributed by atoms with Gasteiger partial charge >= 0.3 is 0 Å². The Morgan fingerprint density at radius 3 is 2.52 bits per heavy atom. The molecule has 0 bridgehead atoms. The van der Waals surface area contributed by atoms with E-state index in [4.69, 9.17) is 27.9 Å². The molecular formula is C18H19Cl2NO2. The van der Waals surface area contributed by atoms with Gasteiger partial charge in [-0.1, -0.05) is 42.3 Å². The summed E-state index contributed by atoms with van der Waals surface area (Å²) in [6, 6.07) is 10.9. The molecule has 0 aliphatic carbocycles. The maximum Gasteiger partial charge on any atom is 0.265 e. The van der Waals surface area contributed by atoms with Crippen LogP contribution in [0.1, 0.15) is 24.5 Å². The number of carbonyl (C=O) groups excluding carboxylic acids is 1. The molecule has 0 aliphatic heterocycles. The molecule has 2 aromatic carbocycles. The first kappa shape index (κ1) is 17.6. The standard InChI is InChI=1S/C18H19Cl2NO2/c1-4-16(23-17-9-11(2)5-6-12(17)3)18(22)21-13-7-8-14(19)15(20)10-13/h5-10,16H,4H2,1-3H3,(H,21,22)/t16-/m0/s1. The first-order chi connectivity index (χ1) is 10.9. The lowest BCUT2D eigenvalue weighted by Gasteiger charge is -2.19. The molecule has 122 valence electrons. The molecule has 1 atom stereocenters. The van der Waals surface area contributed by atoms with Crippen LogP contribution in [0.2, 0.25) is 10.0 Å². The fraction of sp³-hybridized carbons (Fsp3) is 0.278. The molecule has 1 N–H and O–H groups in total. The number of amides is 1. The minimum absolute atomic E-state index is 0.216. The summed E-state index contributed by atoms with van der Waals surface area (Å²) >= 11 is 11.8. The molecule has 2 aromatic rings. The lowest BCUT2D eigenvalue weighted by Crippen LogP contribution is -2.32. The van der Waals surface area contributed by atoms with Gasteiger partial charge < -0.3 is 10.1 Å². The molecule has 0 aliphatic rings. The maximum absolute atomic E-state index is 12.4. The number of aryl methyl sites for hydroxylation is 2. The van der Waals surface area contributed by atoms with E-state index in [9.17, 15) is 4.79 Å². The Hall–Kier alpha value is -1.71. The van der Waals surface area contributed by atoms with Crippen LogP contribution in [0.5, 0.6) is 5.75 Å². The van der Waals surface area contributed by atoms with Crippen molar-refractivity contribution in [1.29, 1.82) is 0 Å². The van der Waals surface area contributed by atoms with E-state index in [2.05, 4.69) is 5.32 Å². The van der Waals surface area contributed by atoms with Crippen LogP contribution in [-0.4, -0.2) is 12.0 Å². The van der Waals surface area contributed by atoms with Crippen LogP contribution < -0.4 is 10.1 Å². The van der Waals surface area contributed by atoms with Crippen molar-refractivity contribution in [3.8, 4) is 5.75 Å². The van der Waals surface area contributed by atoms with Crippen LogP contribution in [0.15, 0.2) is 36.4 Å². The minimum atomic E-state index is -0.579. The number of hydrogen-bond acceptors (Lipinski definition) is 2. The van der Waals surface area contributed by atoms with Gasteiger partial charge in [-0.3, -0.25) is 4.79 Å². The van der Waals surface area contributed by atoms with Crippen LogP contribution in [0.25, 0.3) is 0 Å². The molecule has 5 heteroatoms. The van der Waals surface area contributed by atoms with E-state index in [1.165, 1.54) is 0 Å². The number of ether oxygens (including phenoxy) is 1. The number of carbonyl (C=O) groups is 1. The van der Waals surface area contributed by atoms with Gasteiger partial charge in [0, 0.05) is 5.69 Å². The molecular weight excluding hydrogens is 333 g/mol. The summed E-state index contributed by atoms with van der Waals surface area (Å²) in [7, 11) is 0. The summed E-state index contributed by atoms with van der Waals surface area (Å²) in [5.41, 5.74) is 2.68. The fourth-order valence-corrected chi connectivity index (χ4v) is 2.40. The Balaban J connectivity index is 2.11.